The van der Waals surface area contributed by atoms with Crippen LogP contribution >= 0.6 is 0 Å². The summed E-state index contributed by atoms with van der Waals surface area (Å²) in [6, 6.07) is 4.96. The number of carbonyl (C=O) groups excluding carboxylic acids is 1. The van der Waals surface area contributed by atoms with Crippen LogP contribution in [-0.4, -0.2) is 19.7 Å². The van der Waals surface area contributed by atoms with Gasteiger partial charge in [-0.05, 0) is 51.8 Å². The van der Waals surface area contributed by atoms with E-state index in [1.54, 1.807) is 18.2 Å². The third-order valence-electron chi connectivity index (χ3n) is 4.02. The first kappa shape index (κ1) is 21.3. The fraction of sp³-hybridized carbons (Fsp3) is 0.364. The zero-order chi connectivity index (χ0) is 20.7. The Bertz CT molecular complexity index is 961. The van der Waals surface area contributed by atoms with Crippen LogP contribution in [0.5, 0.6) is 17.2 Å². The smallest absolute Gasteiger partial charge is 0.383 e. The van der Waals surface area contributed by atoms with Crippen LogP contribution in [0.15, 0.2) is 50.7 Å². The Morgan fingerprint density at radius 1 is 1.11 bits per heavy atom. The first-order valence-corrected chi connectivity index (χ1v) is 9.07. The Hall–Kier alpha value is -3.02. The zero-order valence-electron chi connectivity index (χ0n) is 17.0. The van der Waals surface area contributed by atoms with Crippen LogP contribution in [0.2, 0.25) is 0 Å². The number of hydrogen-bond donors (Lipinski definition) is 0. The van der Waals surface area contributed by atoms with E-state index >= 15 is 0 Å². The van der Waals surface area contributed by atoms with Gasteiger partial charge in [0.1, 0.15) is 6.61 Å². The normalized spacial score (nSPS) is 11.2. The third kappa shape index (κ3) is 5.49. The Balaban J connectivity index is 2.33. The van der Waals surface area contributed by atoms with Crippen LogP contribution < -0.4 is 19.8 Å². The molecule has 6 heteroatoms. The Labute approximate surface area is 164 Å². The molecule has 0 spiro atoms. The van der Waals surface area contributed by atoms with Crippen molar-refractivity contribution in [2.45, 2.75) is 40.5 Å². The molecule has 0 atom stereocenters. The number of methoxy groups -OCH3 is 1. The highest BCUT2D eigenvalue weighted by atomic mass is 16.5. The fourth-order valence-corrected chi connectivity index (χ4v) is 2.67. The number of carbonyl (C=O) groups is 1. The first-order chi connectivity index (χ1) is 13.3. The lowest BCUT2D eigenvalue weighted by molar-refractivity contribution is -0.131. The van der Waals surface area contributed by atoms with Gasteiger partial charge in [0.05, 0.1) is 12.5 Å². The molecule has 0 N–H and O–H groups in total. The van der Waals surface area contributed by atoms with Crippen LogP contribution in [0.1, 0.15) is 40.5 Å². The average Bonchev–Trinajstić information content (AvgIpc) is 2.61. The summed E-state index contributed by atoms with van der Waals surface area (Å²) in [5.74, 6) is -0.120. The topological polar surface area (TPSA) is 75.0 Å². The van der Waals surface area contributed by atoms with Crippen molar-refractivity contribution in [3.05, 3.63) is 51.9 Å². The van der Waals surface area contributed by atoms with Crippen molar-refractivity contribution in [1.29, 1.82) is 0 Å². The highest BCUT2D eigenvalue weighted by molar-refractivity contribution is 5.91. The molecule has 0 saturated carbocycles. The lowest BCUT2D eigenvalue weighted by atomic mass is 10.1. The van der Waals surface area contributed by atoms with E-state index in [1.807, 2.05) is 13.0 Å². The summed E-state index contributed by atoms with van der Waals surface area (Å²) < 4.78 is 21.5. The molecule has 0 saturated heterocycles. The molecule has 0 aliphatic carbocycles. The van der Waals surface area contributed by atoms with Crippen molar-refractivity contribution in [3.8, 4) is 17.2 Å². The molecule has 6 nitrogen and oxygen atoms in total. The van der Waals surface area contributed by atoms with Crippen LogP contribution in [0.4, 0.5) is 0 Å². The molecular weight excluding hydrogens is 360 g/mol. The maximum atomic E-state index is 12.3. The predicted octanol–water partition coefficient (Wildman–Crippen LogP) is 4.80. The number of benzene rings is 1. The minimum absolute atomic E-state index is 0.0249. The highest BCUT2D eigenvalue weighted by Gasteiger charge is 2.19. The van der Waals surface area contributed by atoms with Crippen LogP contribution in [0.25, 0.3) is 11.0 Å². The van der Waals surface area contributed by atoms with Gasteiger partial charge in [0.25, 0.3) is 0 Å². The van der Waals surface area contributed by atoms with Crippen molar-refractivity contribution >= 4 is 16.9 Å². The van der Waals surface area contributed by atoms with E-state index in [1.165, 1.54) is 25.2 Å². The maximum Gasteiger partial charge on any atom is 0.383 e. The Morgan fingerprint density at radius 3 is 2.50 bits per heavy atom. The van der Waals surface area contributed by atoms with Crippen LogP contribution in [-0.2, 0) is 4.79 Å². The standard InChI is InChI=1S/C22H26O6/c1-14(2)8-6-9-15(3)12-13-26-20-17-10-7-11-18(27-16(4)23)19(17)28-22(24)21(20)25-5/h7-8,10-12H,6,9,13H2,1-5H3. The second-order valence-electron chi connectivity index (χ2n) is 6.66. The number of fused-ring (bicyclic) bond motifs is 1. The molecule has 1 aromatic carbocycles. The quantitative estimate of drug-likeness (QED) is 0.281. The zero-order valence-corrected chi connectivity index (χ0v) is 17.0. The fourth-order valence-electron chi connectivity index (χ4n) is 2.67. The second-order valence-corrected chi connectivity index (χ2v) is 6.66. The molecule has 28 heavy (non-hydrogen) atoms. The van der Waals surface area contributed by atoms with E-state index in [2.05, 4.69) is 19.9 Å². The summed E-state index contributed by atoms with van der Waals surface area (Å²) in [6.45, 7) is 7.74. The summed E-state index contributed by atoms with van der Waals surface area (Å²) in [5.41, 5.74) is 1.92. The summed E-state index contributed by atoms with van der Waals surface area (Å²) in [5, 5.41) is 0.491. The van der Waals surface area contributed by atoms with Crippen molar-refractivity contribution < 1.29 is 23.4 Å². The van der Waals surface area contributed by atoms with Gasteiger partial charge >= 0.3 is 11.6 Å². The minimum Gasteiger partial charge on any atom is -0.487 e. The van der Waals surface area contributed by atoms with E-state index in [0.717, 1.165) is 12.8 Å². The van der Waals surface area contributed by atoms with Gasteiger partial charge in [-0.1, -0.05) is 23.3 Å². The Kier molecular flexibility index (Phi) is 7.44. The molecule has 0 radical (unpaired) electrons. The first-order valence-electron chi connectivity index (χ1n) is 9.07. The summed E-state index contributed by atoms with van der Waals surface area (Å²) in [7, 11) is 1.38. The molecule has 1 aromatic heterocycles. The van der Waals surface area contributed by atoms with Gasteiger partial charge in [-0.3, -0.25) is 4.79 Å². The molecule has 1 heterocycles. The molecule has 0 fully saturated rings. The van der Waals surface area contributed by atoms with Gasteiger partial charge in [0.2, 0.25) is 5.75 Å². The molecule has 0 bridgehead atoms. The second kappa shape index (κ2) is 9.78. The third-order valence-corrected chi connectivity index (χ3v) is 4.02. The maximum absolute atomic E-state index is 12.3. The SMILES string of the molecule is COc1c(OCC=C(C)CCC=C(C)C)c2cccc(OC(C)=O)c2oc1=O. The van der Waals surface area contributed by atoms with Gasteiger partial charge in [0.15, 0.2) is 17.1 Å². The van der Waals surface area contributed by atoms with Crippen molar-refractivity contribution in [1.82, 2.24) is 0 Å². The predicted molar refractivity (Wildman–Crippen MR) is 108 cm³/mol. The van der Waals surface area contributed by atoms with Gasteiger partial charge in [-0.15, -0.1) is 0 Å². The van der Waals surface area contributed by atoms with Gasteiger partial charge in [0, 0.05) is 6.92 Å². The number of para-hydroxylation sites is 1. The van der Waals surface area contributed by atoms with E-state index in [-0.39, 0.29) is 29.4 Å². The largest absolute Gasteiger partial charge is 0.487 e. The number of allylic oxidation sites excluding steroid dienone is 3. The average molecular weight is 386 g/mol. The monoisotopic (exact) mass is 386 g/mol. The summed E-state index contributed by atoms with van der Waals surface area (Å²) in [4.78, 5) is 23.6. The van der Waals surface area contributed by atoms with Gasteiger partial charge < -0.3 is 18.6 Å². The summed E-state index contributed by atoms with van der Waals surface area (Å²) >= 11 is 0. The van der Waals surface area contributed by atoms with Crippen LogP contribution in [0, 0.1) is 0 Å². The van der Waals surface area contributed by atoms with E-state index in [0.29, 0.717) is 5.39 Å². The number of hydrogen-bond acceptors (Lipinski definition) is 6. The lowest BCUT2D eigenvalue weighted by Gasteiger charge is -2.12. The molecule has 150 valence electrons. The number of esters is 1. The Morgan fingerprint density at radius 2 is 1.86 bits per heavy atom. The molecule has 0 unspecified atom stereocenters. The van der Waals surface area contributed by atoms with Gasteiger partial charge in [-0.25, -0.2) is 4.79 Å². The van der Waals surface area contributed by atoms with E-state index in [9.17, 15) is 9.59 Å². The van der Waals surface area contributed by atoms with Crippen molar-refractivity contribution in [2.75, 3.05) is 13.7 Å². The van der Waals surface area contributed by atoms with Crippen LogP contribution in [0.3, 0.4) is 0 Å². The molecule has 2 rings (SSSR count). The lowest BCUT2D eigenvalue weighted by Crippen LogP contribution is -2.09. The van der Waals surface area contributed by atoms with Gasteiger partial charge in [-0.2, -0.15) is 0 Å². The molecular formula is C22H26O6. The molecule has 0 amide bonds. The summed E-state index contributed by atoms with van der Waals surface area (Å²) in [6.07, 6.45) is 6.06. The van der Waals surface area contributed by atoms with E-state index in [4.69, 9.17) is 18.6 Å². The van der Waals surface area contributed by atoms with E-state index < -0.39 is 11.6 Å². The highest BCUT2D eigenvalue weighted by Crippen LogP contribution is 2.36. The number of rotatable bonds is 8. The van der Waals surface area contributed by atoms with Crippen molar-refractivity contribution in [3.63, 3.8) is 0 Å². The minimum atomic E-state index is -0.700. The molecule has 2 aromatic rings. The molecule has 0 aliphatic rings. The van der Waals surface area contributed by atoms with Crippen molar-refractivity contribution in [2.24, 2.45) is 0 Å². The number of ether oxygens (including phenoxy) is 3. The molecule has 0 aliphatic heterocycles.